The molecular formula is C14H20N2O4. The molecule has 0 bridgehead atoms. The second-order valence-electron chi connectivity index (χ2n) is 4.46. The Hall–Kier alpha value is -2.08. The van der Waals surface area contributed by atoms with E-state index in [0.29, 0.717) is 17.9 Å². The zero-order valence-electron chi connectivity index (χ0n) is 11.9. The normalized spacial score (nSPS) is 10.2. The van der Waals surface area contributed by atoms with Gasteiger partial charge < -0.3 is 20.1 Å². The molecule has 0 aliphatic heterocycles. The summed E-state index contributed by atoms with van der Waals surface area (Å²) in [6.45, 7) is 4.27. The van der Waals surface area contributed by atoms with Crippen LogP contribution in [0, 0.1) is 0 Å². The molecule has 0 fully saturated rings. The smallest absolute Gasteiger partial charge is 0.338 e. The monoisotopic (exact) mass is 280 g/mol. The summed E-state index contributed by atoms with van der Waals surface area (Å²) in [6, 6.07) is 6.29. The lowest BCUT2D eigenvalue weighted by atomic mass is 10.2. The first-order chi connectivity index (χ1) is 9.52. The number of anilines is 1. The molecule has 0 heterocycles. The summed E-state index contributed by atoms with van der Waals surface area (Å²) in [6.07, 6.45) is 0. The lowest BCUT2D eigenvalue weighted by Gasteiger charge is -2.11. The predicted molar refractivity (Wildman–Crippen MR) is 75.9 cm³/mol. The van der Waals surface area contributed by atoms with Crippen molar-refractivity contribution in [1.29, 1.82) is 0 Å². The van der Waals surface area contributed by atoms with E-state index in [1.165, 1.54) is 7.11 Å². The Kier molecular flexibility index (Phi) is 6.52. The first-order valence-corrected chi connectivity index (χ1v) is 6.36. The molecule has 1 aromatic rings. The summed E-state index contributed by atoms with van der Waals surface area (Å²) < 4.78 is 9.80. The molecule has 2 amide bonds. The number of carbonyl (C=O) groups excluding carboxylic acids is 2. The van der Waals surface area contributed by atoms with Gasteiger partial charge in [0.15, 0.2) is 0 Å². The molecule has 0 aromatic heterocycles. The molecule has 20 heavy (non-hydrogen) atoms. The van der Waals surface area contributed by atoms with Crippen LogP contribution in [0.5, 0.6) is 0 Å². The Bertz CT molecular complexity index is 460. The molecule has 0 spiro atoms. The van der Waals surface area contributed by atoms with Crippen molar-refractivity contribution in [2.75, 3.05) is 25.6 Å². The molecule has 6 nitrogen and oxygen atoms in total. The zero-order chi connectivity index (χ0) is 15.0. The summed E-state index contributed by atoms with van der Waals surface area (Å²) in [5, 5.41) is 5.35. The number of ether oxygens (including phenoxy) is 2. The first kappa shape index (κ1) is 16.0. The Morgan fingerprint density at radius 3 is 2.65 bits per heavy atom. The van der Waals surface area contributed by atoms with Crippen LogP contribution in [0.4, 0.5) is 10.5 Å². The molecule has 0 saturated carbocycles. The largest absolute Gasteiger partial charge is 0.460 e. The van der Waals surface area contributed by atoms with Crippen LogP contribution in [-0.4, -0.2) is 38.4 Å². The Balaban J connectivity index is 2.61. The maximum absolute atomic E-state index is 11.7. The Labute approximate surface area is 118 Å². The van der Waals surface area contributed by atoms with E-state index in [4.69, 9.17) is 9.47 Å². The number of methoxy groups -OCH3 is 1. The fourth-order valence-electron chi connectivity index (χ4n) is 1.45. The number of esters is 1. The third kappa shape index (κ3) is 5.71. The minimum Gasteiger partial charge on any atom is -0.460 e. The van der Waals surface area contributed by atoms with E-state index in [-0.39, 0.29) is 18.7 Å². The van der Waals surface area contributed by atoms with Gasteiger partial charge in [-0.3, -0.25) is 0 Å². The summed E-state index contributed by atoms with van der Waals surface area (Å²) >= 11 is 0. The van der Waals surface area contributed by atoms with E-state index in [1.807, 2.05) is 13.8 Å². The molecule has 1 aromatic carbocycles. The van der Waals surface area contributed by atoms with Crippen LogP contribution < -0.4 is 10.6 Å². The maximum Gasteiger partial charge on any atom is 0.338 e. The standard InChI is InChI=1S/C14H20N2O4/c1-10(2)15-14(18)16-12-6-4-5-11(9-12)13(17)20-8-7-19-3/h4-6,9-10H,7-8H2,1-3H3,(H2,15,16,18). The van der Waals surface area contributed by atoms with Gasteiger partial charge in [-0.25, -0.2) is 9.59 Å². The van der Waals surface area contributed by atoms with Crippen LogP contribution in [0.25, 0.3) is 0 Å². The lowest BCUT2D eigenvalue weighted by molar-refractivity contribution is 0.0388. The minimum absolute atomic E-state index is 0.0391. The van der Waals surface area contributed by atoms with Crippen molar-refractivity contribution >= 4 is 17.7 Å². The summed E-state index contributed by atoms with van der Waals surface area (Å²) in [5.41, 5.74) is 0.910. The molecule has 6 heteroatoms. The quantitative estimate of drug-likeness (QED) is 0.617. The molecule has 0 unspecified atom stereocenters. The Morgan fingerprint density at radius 1 is 1.25 bits per heavy atom. The fourth-order valence-corrected chi connectivity index (χ4v) is 1.45. The van der Waals surface area contributed by atoms with Crippen LogP contribution in [0.1, 0.15) is 24.2 Å². The van der Waals surface area contributed by atoms with Crippen LogP contribution in [-0.2, 0) is 9.47 Å². The topological polar surface area (TPSA) is 76.7 Å². The average molecular weight is 280 g/mol. The van der Waals surface area contributed by atoms with Crippen molar-refractivity contribution in [1.82, 2.24) is 5.32 Å². The molecule has 0 aliphatic rings. The SMILES string of the molecule is COCCOC(=O)c1cccc(NC(=O)NC(C)C)c1. The summed E-state index contributed by atoms with van der Waals surface area (Å²) in [5.74, 6) is -0.449. The van der Waals surface area contributed by atoms with Crippen LogP contribution in [0.2, 0.25) is 0 Å². The minimum atomic E-state index is -0.449. The first-order valence-electron chi connectivity index (χ1n) is 6.36. The number of carbonyl (C=O) groups is 2. The molecule has 0 saturated heterocycles. The van der Waals surface area contributed by atoms with Gasteiger partial charge in [-0.05, 0) is 32.0 Å². The van der Waals surface area contributed by atoms with E-state index in [9.17, 15) is 9.59 Å². The third-order valence-corrected chi connectivity index (χ3v) is 2.30. The molecule has 2 N–H and O–H groups in total. The lowest BCUT2D eigenvalue weighted by Crippen LogP contribution is -2.34. The van der Waals surface area contributed by atoms with Crippen LogP contribution in [0.3, 0.4) is 0 Å². The highest BCUT2D eigenvalue weighted by Crippen LogP contribution is 2.11. The predicted octanol–water partition coefficient (Wildman–Crippen LogP) is 2.02. The van der Waals surface area contributed by atoms with Crippen molar-refractivity contribution in [3.63, 3.8) is 0 Å². The molecule has 0 atom stereocenters. The van der Waals surface area contributed by atoms with Crippen molar-refractivity contribution < 1.29 is 19.1 Å². The summed E-state index contributed by atoms with van der Waals surface area (Å²) in [4.78, 5) is 23.3. The molecule has 0 radical (unpaired) electrons. The van der Waals surface area contributed by atoms with Gasteiger partial charge in [-0.2, -0.15) is 0 Å². The maximum atomic E-state index is 11.7. The van der Waals surface area contributed by atoms with Gasteiger partial charge in [0.25, 0.3) is 0 Å². The number of urea groups is 1. The fraction of sp³-hybridized carbons (Fsp3) is 0.429. The van der Waals surface area contributed by atoms with Crippen molar-refractivity contribution in [3.05, 3.63) is 29.8 Å². The van der Waals surface area contributed by atoms with E-state index >= 15 is 0 Å². The zero-order valence-corrected chi connectivity index (χ0v) is 11.9. The number of hydrogen-bond acceptors (Lipinski definition) is 4. The van der Waals surface area contributed by atoms with Crippen molar-refractivity contribution in [2.45, 2.75) is 19.9 Å². The highest BCUT2D eigenvalue weighted by molar-refractivity contribution is 5.93. The van der Waals surface area contributed by atoms with Gasteiger partial charge in [-0.1, -0.05) is 6.07 Å². The van der Waals surface area contributed by atoms with Crippen LogP contribution >= 0.6 is 0 Å². The molecule has 1 rings (SSSR count). The highest BCUT2D eigenvalue weighted by Gasteiger charge is 2.09. The number of hydrogen-bond donors (Lipinski definition) is 2. The molecule has 110 valence electrons. The van der Waals surface area contributed by atoms with E-state index in [0.717, 1.165) is 0 Å². The number of rotatable bonds is 6. The molecular weight excluding hydrogens is 260 g/mol. The number of benzene rings is 1. The average Bonchev–Trinajstić information content (AvgIpc) is 2.38. The summed E-state index contributed by atoms with van der Waals surface area (Å²) in [7, 11) is 1.53. The number of nitrogens with one attached hydrogen (secondary N) is 2. The van der Waals surface area contributed by atoms with Gasteiger partial charge in [0, 0.05) is 18.8 Å². The van der Waals surface area contributed by atoms with Gasteiger partial charge >= 0.3 is 12.0 Å². The van der Waals surface area contributed by atoms with Gasteiger partial charge in [0.2, 0.25) is 0 Å². The third-order valence-electron chi connectivity index (χ3n) is 2.30. The van der Waals surface area contributed by atoms with Gasteiger partial charge in [-0.15, -0.1) is 0 Å². The molecule has 0 aliphatic carbocycles. The van der Waals surface area contributed by atoms with Crippen molar-refractivity contribution in [2.24, 2.45) is 0 Å². The van der Waals surface area contributed by atoms with E-state index < -0.39 is 5.97 Å². The second-order valence-corrected chi connectivity index (χ2v) is 4.46. The van der Waals surface area contributed by atoms with Gasteiger partial charge in [0.05, 0.1) is 12.2 Å². The number of amides is 2. The van der Waals surface area contributed by atoms with Gasteiger partial charge in [0.1, 0.15) is 6.61 Å². The second kappa shape index (κ2) is 8.16. The van der Waals surface area contributed by atoms with E-state index in [1.54, 1.807) is 24.3 Å². The van der Waals surface area contributed by atoms with Crippen molar-refractivity contribution in [3.8, 4) is 0 Å². The highest BCUT2D eigenvalue weighted by atomic mass is 16.6. The Morgan fingerprint density at radius 2 is 2.00 bits per heavy atom. The van der Waals surface area contributed by atoms with Crippen LogP contribution in [0.15, 0.2) is 24.3 Å². The van der Waals surface area contributed by atoms with E-state index in [2.05, 4.69) is 10.6 Å².